The van der Waals surface area contributed by atoms with Crippen molar-refractivity contribution in [1.82, 2.24) is 4.98 Å². The van der Waals surface area contributed by atoms with Crippen LogP contribution in [0.4, 0.5) is 13.2 Å². The van der Waals surface area contributed by atoms with Crippen molar-refractivity contribution >= 4 is 0 Å². The average Bonchev–Trinajstić information content (AvgIpc) is 2.15. The van der Waals surface area contributed by atoms with Crippen molar-refractivity contribution in [1.29, 1.82) is 5.26 Å². The Morgan fingerprint density at radius 1 is 1.43 bits per heavy atom. The molecule has 6 heteroatoms. The van der Waals surface area contributed by atoms with Crippen LogP contribution in [0.3, 0.4) is 0 Å². The van der Waals surface area contributed by atoms with Crippen LogP contribution in [0, 0.1) is 11.3 Å². The van der Waals surface area contributed by atoms with E-state index in [1.807, 2.05) is 0 Å². The van der Waals surface area contributed by atoms with Gasteiger partial charge in [0, 0.05) is 11.8 Å². The molecule has 0 saturated carbocycles. The van der Waals surface area contributed by atoms with E-state index in [1.165, 1.54) is 0 Å². The number of hydrogen-bond acceptors (Lipinski definition) is 3. The zero-order valence-electron chi connectivity index (χ0n) is 6.78. The highest BCUT2D eigenvalue weighted by molar-refractivity contribution is 5.24. The third kappa shape index (κ3) is 2.20. The lowest BCUT2D eigenvalue weighted by molar-refractivity contribution is -0.206. The van der Waals surface area contributed by atoms with Gasteiger partial charge in [0.2, 0.25) is 0 Å². The fourth-order valence-electron chi connectivity index (χ4n) is 0.822. The van der Waals surface area contributed by atoms with E-state index in [0.717, 1.165) is 18.3 Å². The van der Waals surface area contributed by atoms with E-state index in [0.29, 0.717) is 0 Å². The number of nitriles is 1. The van der Waals surface area contributed by atoms with Crippen LogP contribution in [0.2, 0.25) is 0 Å². The van der Waals surface area contributed by atoms with Gasteiger partial charge in [-0.05, 0) is 6.07 Å². The predicted molar refractivity (Wildman–Crippen MR) is 40.0 cm³/mol. The Balaban J connectivity index is 2.94. The van der Waals surface area contributed by atoms with Gasteiger partial charge in [-0.1, -0.05) is 6.07 Å². The van der Waals surface area contributed by atoms with Crippen LogP contribution >= 0.6 is 0 Å². The van der Waals surface area contributed by atoms with Crippen LogP contribution in [0.1, 0.15) is 17.4 Å². The molecule has 1 unspecified atom stereocenters. The van der Waals surface area contributed by atoms with Gasteiger partial charge in [-0.2, -0.15) is 18.4 Å². The fourth-order valence-corrected chi connectivity index (χ4v) is 0.822. The second kappa shape index (κ2) is 3.64. The molecule has 0 aromatic carbocycles. The molecular formula is C8H5F3N2O. The molecule has 1 rings (SSSR count). The summed E-state index contributed by atoms with van der Waals surface area (Å²) >= 11 is 0. The Bertz CT molecular complexity index is 352. The molecule has 0 saturated heterocycles. The van der Waals surface area contributed by atoms with Crippen molar-refractivity contribution in [2.75, 3.05) is 0 Å². The standard InChI is InChI=1S/C8H5F3N2O/c9-8(10,11)7(14)5-1-2-6(3-12)13-4-5/h1-2,4,7,14H. The summed E-state index contributed by atoms with van der Waals surface area (Å²) in [5, 5.41) is 17.1. The van der Waals surface area contributed by atoms with E-state index in [2.05, 4.69) is 4.98 Å². The molecule has 0 aliphatic heterocycles. The maximum Gasteiger partial charge on any atom is 0.418 e. The molecular weight excluding hydrogens is 197 g/mol. The molecule has 0 bridgehead atoms. The second-order valence-electron chi connectivity index (χ2n) is 2.53. The maximum atomic E-state index is 12.0. The van der Waals surface area contributed by atoms with Crippen molar-refractivity contribution in [2.45, 2.75) is 12.3 Å². The summed E-state index contributed by atoms with van der Waals surface area (Å²) in [6.45, 7) is 0. The Morgan fingerprint density at radius 3 is 2.43 bits per heavy atom. The monoisotopic (exact) mass is 202 g/mol. The molecule has 1 aromatic rings. The van der Waals surface area contributed by atoms with E-state index < -0.39 is 12.3 Å². The molecule has 3 nitrogen and oxygen atoms in total. The van der Waals surface area contributed by atoms with Crippen molar-refractivity contribution in [3.05, 3.63) is 29.6 Å². The summed E-state index contributed by atoms with van der Waals surface area (Å²) in [7, 11) is 0. The number of nitrogens with zero attached hydrogens (tertiary/aromatic N) is 2. The van der Waals surface area contributed by atoms with Gasteiger partial charge in [0.25, 0.3) is 0 Å². The van der Waals surface area contributed by atoms with Crippen LogP contribution in [-0.4, -0.2) is 16.3 Å². The van der Waals surface area contributed by atoms with Gasteiger partial charge in [0.15, 0.2) is 6.10 Å². The number of pyridine rings is 1. The lowest BCUT2D eigenvalue weighted by atomic mass is 10.1. The summed E-state index contributed by atoms with van der Waals surface area (Å²) in [6.07, 6.45) is -6.44. The number of alkyl halides is 3. The Hall–Kier alpha value is -1.61. The van der Waals surface area contributed by atoms with Crippen LogP contribution < -0.4 is 0 Å². The molecule has 1 heterocycles. The van der Waals surface area contributed by atoms with Crippen LogP contribution in [0.5, 0.6) is 0 Å². The Labute approximate surface area is 77.4 Å². The predicted octanol–water partition coefficient (Wildman–Crippen LogP) is 1.55. The first-order valence-electron chi connectivity index (χ1n) is 3.56. The average molecular weight is 202 g/mol. The van der Waals surface area contributed by atoms with E-state index in [-0.39, 0.29) is 11.3 Å². The maximum absolute atomic E-state index is 12.0. The minimum atomic E-state index is -4.71. The van der Waals surface area contributed by atoms with Crippen molar-refractivity contribution in [3.8, 4) is 6.07 Å². The molecule has 14 heavy (non-hydrogen) atoms. The quantitative estimate of drug-likeness (QED) is 0.751. The number of aromatic nitrogens is 1. The SMILES string of the molecule is N#Cc1ccc(C(O)C(F)(F)F)cn1. The molecule has 74 valence electrons. The highest BCUT2D eigenvalue weighted by Gasteiger charge is 2.39. The van der Waals surface area contributed by atoms with Gasteiger partial charge in [0.1, 0.15) is 11.8 Å². The third-order valence-corrected chi connectivity index (χ3v) is 1.53. The molecule has 1 aromatic heterocycles. The van der Waals surface area contributed by atoms with Crippen LogP contribution in [0.25, 0.3) is 0 Å². The highest BCUT2D eigenvalue weighted by Crippen LogP contribution is 2.31. The van der Waals surface area contributed by atoms with Gasteiger partial charge in [-0.25, -0.2) is 4.98 Å². The summed E-state index contributed by atoms with van der Waals surface area (Å²) in [4.78, 5) is 3.41. The fraction of sp³-hybridized carbons (Fsp3) is 0.250. The molecule has 1 N–H and O–H groups in total. The molecule has 1 atom stereocenters. The highest BCUT2D eigenvalue weighted by atomic mass is 19.4. The lowest BCUT2D eigenvalue weighted by Gasteiger charge is -2.13. The van der Waals surface area contributed by atoms with Crippen molar-refractivity contribution in [3.63, 3.8) is 0 Å². The minimum Gasteiger partial charge on any atom is -0.379 e. The molecule has 0 radical (unpaired) electrons. The number of aliphatic hydroxyl groups excluding tert-OH is 1. The number of rotatable bonds is 1. The van der Waals surface area contributed by atoms with Gasteiger partial charge in [-0.3, -0.25) is 0 Å². The molecule has 0 aliphatic carbocycles. The molecule has 0 aliphatic rings. The first-order valence-corrected chi connectivity index (χ1v) is 3.56. The van der Waals surface area contributed by atoms with Gasteiger partial charge >= 0.3 is 6.18 Å². The van der Waals surface area contributed by atoms with E-state index >= 15 is 0 Å². The Morgan fingerprint density at radius 2 is 2.07 bits per heavy atom. The molecule has 0 spiro atoms. The van der Waals surface area contributed by atoms with Crippen LogP contribution in [-0.2, 0) is 0 Å². The minimum absolute atomic E-state index is 0.00289. The number of halogens is 3. The summed E-state index contributed by atoms with van der Waals surface area (Å²) in [6, 6.07) is 3.79. The molecule has 0 fully saturated rings. The second-order valence-corrected chi connectivity index (χ2v) is 2.53. The van der Waals surface area contributed by atoms with E-state index in [4.69, 9.17) is 10.4 Å². The third-order valence-electron chi connectivity index (χ3n) is 1.53. The first kappa shape index (κ1) is 10.5. The largest absolute Gasteiger partial charge is 0.418 e. The van der Waals surface area contributed by atoms with E-state index in [1.54, 1.807) is 6.07 Å². The normalized spacial score (nSPS) is 13.4. The zero-order valence-corrected chi connectivity index (χ0v) is 6.78. The summed E-state index contributed by atoms with van der Waals surface area (Å²) in [5.41, 5.74) is -0.375. The molecule has 0 amide bonds. The first-order chi connectivity index (χ1) is 6.45. The number of hydrogen-bond donors (Lipinski definition) is 1. The zero-order chi connectivity index (χ0) is 10.8. The summed E-state index contributed by atoms with van der Waals surface area (Å²) in [5.74, 6) is 0. The van der Waals surface area contributed by atoms with Crippen molar-refractivity contribution < 1.29 is 18.3 Å². The Kier molecular flexibility index (Phi) is 2.72. The van der Waals surface area contributed by atoms with E-state index in [9.17, 15) is 13.2 Å². The van der Waals surface area contributed by atoms with Crippen LogP contribution in [0.15, 0.2) is 18.3 Å². The number of aliphatic hydroxyl groups is 1. The van der Waals surface area contributed by atoms with Gasteiger partial charge in [-0.15, -0.1) is 0 Å². The summed E-state index contributed by atoms with van der Waals surface area (Å²) < 4.78 is 35.9. The van der Waals surface area contributed by atoms with Gasteiger partial charge in [0.05, 0.1) is 0 Å². The lowest BCUT2D eigenvalue weighted by Crippen LogP contribution is -2.20. The topological polar surface area (TPSA) is 56.9 Å². The van der Waals surface area contributed by atoms with Crippen molar-refractivity contribution in [2.24, 2.45) is 0 Å². The van der Waals surface area contributed by atoms with Gasteiger partial charge < -0.3 is 5.11 Å². The smallest absolute Gasteiger partial charge is 0.379 e.